The van der Waals surface area contributed by atoms with Crippen molar-refractivity contribution in [2.24, 2.45) is 0 Å². The number of hydrogen-bond donors (Lipinski definition) is 0. The van der Waals surface area contributed by atoms with Crippen molar-refractivity contribution in [2.45, 2.75) is 0 Å². The second-order valence-corrected chi connectivity index (χ2v) is 6.28. The molecule has 0 amide bonds. The summed E-state index contributed by atoms with van der Waals surface area (Å²) < 4.78 is 0. The SMILES string of the molecule is O=C1c2c(Cl)cc3ccccc3c2-c2ccc3ccccc3c21. The van der Waals surface area contributed by atoms with E-state index in [9.17, 15) is 4.79 Å². The van der Waals surface area contributed by atoms with Crippen LogP contribution in [0.5, 0.6) is 0 Å². The Hall–Kier alpha value is -2.64. The van der Waals surface area contributed by atoms with Crippen molar-refractivity contribution in [2.75, 3.05) is 0 Å². The summed E-state index contributed by atoms with van der Waals surface area (Å²) in [5, 5.41) is 4.74. The van der Waals surface area contributed by atoms with Gasteiger partial charge in [-0.3, -0.25) is 4.79 Å². The van der Waals surface area contributed by atoms with Gasteiger partial charge in [-0.05, 0) is 33.2 Å². The van der Waals surface area contributed by atoms with E-state index in [1.807, 2.05) is 54.6 Å². The maximum Gasteiger partial charge on any atom is 0.196 e. The molecule has 4 aromatic rings. The third-order valence-corrected chi connectivity index (χ3v) is 4.95. The molecule has 108 valence electrons. The molecule has 0 radical (unpaired) electrons. The van der Waals surface area contributed by atoms with Gasteiger partial charge in [0, 0.05) is 16.7 Å². The van der Waals surface area contributed by atoms with Crippen LogP contribution in [0, 0.1) is 0 Å². The monoisotopic (exact) mass is 314 g/mol. The minimum absolute atomic E-state index is 0.0301. The van der Waals surface area contributed by atoms with Crippen LogP contribution in [-0.4, -0.2) is 5.78 Å². The summed E-state index contributed by atoms with van der Waals surface area (Å²) in [4.78, 5) is 13.1. The molecule has 0 N–H and O–H groups in total. The van der Waals surface area contributed by atoms with Crippen LogP contribution in [0.15, 0.2) is 66.7 Å². The van der Waals surface area contributed by atoms with E-state index in [-0.39, 0.29) is 5.78 Å². The average molecular weight is 315 g/mol. The van der Waals surface area contributed by atoms with Gasteiger partial charge >= 0.3 is 0 Å². The van der Waals surface area contributed by atoms with Gasteiger partial charge < -0.3 is 0 Å². The molecule has 0 spiro atoms. The molecule has 1 aliphatic carbocycles. The van der Waals surface area contributed by atoms with Crippen LogP contribution in [0.25, 0.3) is 32.7 Å². The smallest absolute Gasteiger partial charge is 0.196 e. The van der Waals surface area contributed by atoms with Crippen LogP contribution in [0.3, 0.4) is 0 Å². The molecule has 5 rings (SSSR count). The molecule has 0 aliphatic heterocycles. The molecular weight excluding hydrogens is 304 g/mol. The van der Waals surface area contributed by atoms with E-state index in [1.165, 1.54) is 0 Å². The first-order chi connectivity index (χ1) is 11.3. The Morgan fingerprint density at radius 2 is 1.30 bits per heavy atom. The van der Waals surface area contributed by atoms with Crippen LogP contribution in [0.2, 0.25) is 5.02 Å². The first-order valence-corrected chi connectivity index (χ1v) is 7.91. The maximum absolute atomic E-state index is 13.1. The van der Waals surface area contributed by atoms with Crippen LogP contribution in [0.4, 0.5) is 0 Å². The van der Waals surface area contributed by atoms with Gasteiger partial charge in [0.1, 0.15) is 0 Å². The third-order valence-electron chi connectivity index (χ3n) is 4.65. The topological polar surface area (TPSA) is 17.1 Å². The normalized spacial score (nSPS) is 12.7. The van der Waals surface area contributed by atoms with Crippen molar-refractivity contribution in [3.63, 3.8) is 0 Å². The average Bonchev–Trinajstić information content (AvgIpc) is 2.89. The zero-order chi connectivity index (χ0) is 15.6. The summed E-state index contributed by atoms with van der Waals surface area (Å²) in [6.07, 6.45) is 0. The molecule has 4 aromatic carbocycles. The largest absolute Gasteiger partial charge is 0.288 e. The van der Waals surface area contributed by atoms with Gasteiger partial charge in [0.25, 0.3) is 0 Å². The number of fused-ring (bicyclic) bond motifs is 7. The fourth-order valence-electron chi connectivity index (χ4n) is 3.66. The fourth-order valence-corrected chi connectivity index (χ4v) is 3.96. The predicted molar refractivity (Wildman–Crippen MR) is 95.3 cm³/mol. The Kier molecular flexibility index (Phi) is 2.48. The molecule has 1 aliphatic rings. The lowest BCUT2D eigenvalue weighted by atomic mass is 9.96. The van der Waals surface area contributed by atoms with Gasteiger partial charge in [-0.2, -0.15) is 0 Å². The van der Waals surface area contributed by atoms with E-state index < -0.39 is 0 Å². The Balaban J connectivity index is 2.02. The fraction of sp³-hybridized carbons (Fsp3) is 0. The molecule has 0 unspecified atom stereocenters. The summed E-state index contributed by atoms with van der Waals surface area (Å²) in [5.74, 6) is 0.0301. The number of hydrogen-bond acceptors (Lipinski definition) is 1. The molecule has 0 bridgehead atoms. The van der Waals surface area contributed by atoms with E-state index in [0.29, 0.717) is 10.6 Å². The molecule has 1 nitrogen and oxygen atoms in total. The molecule has 0 fully saturated rings. The maximum atomic E-state index is 13.1. The summed E-state index contributed by atoms with van der Waals surface area (Å²) in [6.45, 7) is 0. The highest BCUT2D eigenvalue weighted by atomic mass is 35.5. The standard InChI is InChI=1S/C21H11ClO/c22-17-11-13-6-2-4-8-15(13)18-16-10-9-12-5-1-3-7-14(12)19(16)21(23)20(17)18/h1-11H. The molecule has 0 atom stereocenters. The van der Waals surface area contributed by atoms with Crippen LogP contribution >= 0.6 is 11.6 Å². The quantitative estimate of drug-likeness (QED) is 0.350. The highest BCUT2D eigenvalue weighted by Gasteiger charge is 2.32. The minimum atomic E-state index is 0.0301. The molecule has 0 heterocycles. The van der Waals surface area contributed by atoms with Gasteiger partial charge in [-0.15, -0.1) is 0 Å². The van der Waals surface area contributed by atoms with E-state index >= 15 is 0 Å². The Morgan fingerprint density at radius 3 is 2.09 bits per heavy atom. The molecular formula is C21H11ClO. The number of carbonyl (C=O) groups is 1. The third kappa shape index (κ3) is 1.60. The van der Waals surface area contributed by atoms with Gasteiger partial charge in [-0.1, -0.05) is 72.3 Å². The van der Waals surface area contributed by atoms with Gasteiger partial charge in [0.05, 0.1) is 5.02 Å². The van der Waals surface area contributed by atoms with Crippen LogP contribution in [-0.2, 0) is 0 Å². The van der Waals surface area contributed by atoms with E-state index in [2.05, 4.69) is 12.1 Å². The zero-order valence-electron chi connectivity index (χ0n) is 12.1. The minimum Gasteiger partial charge on any atom is -0.288 e. The van der Waals surface area contributed by atoms with Crippen molar-refractivity contribution in [3.8, 4) is 11.1 Å². The number of benzene rings is 4. The second-order valence-electron chi connectivity index (χ2n) is 5.87. The summed E-state index contributed by atoms with van der Waals surface area (Å²) >= 11 is 6.46. The highest BCUT2D eigenvalue weighted by molar-refractivity contribution is 6.41. The lowest BCUT2D eigenvalue weighted by Crippen LogP contribution is -1.97. The molecule has 0 aromatic heterocycles. The molecule has 2 heteroatoms. The Labute approximate surface area is 138 Å². The first-order valence-electron chi connectivity index (χ1n) is 7.54. The Bertz CT molecular complexity index is 1140. The van der Waals surface area contributed by atoms with Crippen molar-refractivity contribution in [3.05, 3.63) is 82.9 Å². The molecule has 0 saturated heterocycles. The number of rotatable bonds is 0. The number of ketones is 1. The van der Waals surface area contributed by atoms with Gasteiger partial charge in [0.15, 0.2) is 5.78 Å². The lowest BCUT2D eigenvalue weighted by molar-refractivity contribution is 0.104. The molecule has 23 heavy (non-hydrogen) atoms. The zero-order valence-corrected chi connectivity index (χ0v) is 12.9. The first kappa shape index (κ1) is 12.9. The molecule has 0 saturated carbocycles. The number of carbonyl (C=O) groups excluding carboxylic acids is 1. The Morgan fingerprint density at radius 1 is 0.652 bits per heavy atom. The van der Waals surface area contributed by atoms with E-state index in [1.54, 1.807) is 0 Å². The number of halogens is 1. The van der Waals surface area contributed by atoms with Crippen LogP contribution < -0.4 is 0 Å². The second kappa shape index (κ2) is 4.43. The van der Waals surface area contributed by atoms with Gasteiger partial charge in [0.2, 0.25) is 0 Å². The van der Waals surface area contributed by atoms with Crippen molar-refractivity contribution in [1.82, 2.24) is 0 Å². The highest BCUT2D eigenvalue weighted by Crippen LogP contribution is 2.46. The van der Waals surface area contributed by atoms with Crippen molar-refractivity contribution in [1.29, 1.82) is 0 Å². The predicted octanol–water partition coefficient (Wildman–Crippen LogP) is 5.86. The summed E-state index contributed by atoms with van der Waals surface area (Å²) in [5.41, 5.74) is 3.37. The lowest BCUT2D eigenvalue weighted by Gasteiger charge is -2.08. The van der Waals surface area contributed by atoms with Crippen molar-refractivity contribution >= 4 is 38.9 Å². The van der Waals surface area contributed by atoms with Gasteiger partial charge in [-0.25, -0.2) is 0 Å². The van der Waals surface area contributed by atoms with E-state index in [4.69, 9.17) is 11.6 Å². The van der Waals surface area contributed by atoms with Crippen LogP contribution in [0.1, 0.15) is 15.9 Å². The summed E-state index contributed by atoms with van der Waals surface area (Å²) in [6, 6.07) is 22.1. The van der Waals surface area contributed by atoms with Crippen molar-refractivity contribution < 1.29 is 4.79 Å². The summed E-state index contributed by atoms with van der Waals surface area (Å²) in [7, 11) is 0. The van der Waals surface area contributed by atoms with E-state index in [0.717, 1.165) is 38.2 Å².